The third-order valence-electron chi connectivity index (χ3n) is 3.11. The van der Waals surface area contributed by atoms with Crippen molar-refractivity contribution in [2.24, 2.45) is 0 Å². The lowest BCUT2D eigenvalue weighted by Gasteiger charge is -2.23. The van der Waals surface area contributed by atoms with Crippen LogP contribution in [-0.2, 0) is 14.3 Å². The van der Waals surface area contributed by atoms with Gasteiger partial charge >= 0.3 is 5.97 Å². The molecule has 0 radical (unpaired) electrons. The van der Waals surface area contributed by atoms with Gasteiger partial charge in [0, 0.05) is 13.1 Å². The second-order valence-electron chi connectivity index (χ2n) is 4.72. The molecular formula is C15H20N2O4. The smallest absolute Gasteiger partial charge is 0.340 e. The maximum Gasteiger partial charge on any atom is 0.340 e. The number of rotatable bonds is 5. The molecule has 1 atom stereocenters. The van der Waals surface area contributed by atoms with Crippen LogP contribution < -0.4 is 10.6 Å². The number of para-hydroxylation sites is 1. The van der Waals surface area contributed by atoms with Crippen LogP contribution in [-0.4, -0.2) is 44.3 Å². The molecule has 1 aliphatic rings. The van der Waals surface area contributed by atoms with E-state index in [1.807, 2.05) is 0 Å². The first-order valence-electron chi connectivity index (χ1n) is 7.09. The number of amides is 1. The van der Waals surface area contributed by atoms with Crippen LogP contribution in [0.4, 0.5) is 5.69 Å². The Balaban J connectivity index is 1.98. The van der Waals surface area contributed by atoms with E-state index in [9.17, 15) is 9.59 Å². The van der Waals surface area contributed by atoms with Crippen molar-refractivity contribution in [3.8, 4) is 0 Å². The summed E-state index contributed by atoms with van der Waals surface area (Å²) in [4.78, 5) is 23.9. The van der Waals surface area contributed by atoms with E-state index in [1.54, 1.807) is 31.2 Å². The Labute approximate surface area is 123 Å². The number of nitrogens with one attached hydrogen (secondary N) is 2. The van der Waals surface area contributed by atoms with E-state index < -0.39 is 5.97 Å². The van der Waals surface area contributed by atoms with Crippen LogP contribution in [0.1, 0.15) is 23.7 Å². The molecule has 1 fully saturated rings. The minimum absolute atomic E-state index is 0.131. The zero-order valence-corrected chi connectivity index (χ0v) is 12.1. The van der Waals surface area contributed by atoms with Crippen molar-refractivity contribution in [2.45, 2.75) is 19.4 Å². The van der Waals surface area contributed by atoms with Crippen LogP contribution in [0.2, 0.25) is 0 Å². The summed E-state index contributed by atoms with van der Waals surface area (Å²) in [6.45, 7) is 4.11. The molecule has 0 aromatic heterocycles. The Kier molecular flexibility index (Phi) is 5.71. The molecule has 1 aliphatic heterocycles. The van der Waals surface area contributed by atoms with E-state index in [0.717, 1.165) is 6.54 Å². The minimum atomic E-state index is -0.441. The van der Waals surface area contributed by atoms with Gasteiger partial charge in [0.2, 0.25) is 5.91 Å². The lowest BCUT2D eigenvalue weighted by atomic mass is 10.1. The maximum atomic E-state index is 12.0. The SMILES string of the molecule is CCOC(=O)c1ccccc1NC(=O)CC1CNCCO1. The van der Waals surface area contributed by atoms with Gasteiger partial charge in [-0.1, -0.05) is 12.1 Å². The highest BCUT2D eigenvalue weighted by molar-refractivity contribution is 6.01. The number of ether oxygens (including phenoxy) is 2. The largest absolute Gasteiger partial charge is 0.462 e. The Bertz CT molecular complexity index is 498. The zero-order valence-electron chi connectivity index (χ0n) is 12.1. The number of carbonyl (C=O) groups is 2. The van der Waals surface area contributed by atoms with Crippen LogP contribution in [0.15, 0.2) is 24.3 Å². The molecule has 1 heterocycles. The molecule has 6 nitrogen and oxygen atoms in total. The molecule has 1 unspecified atom stereocenters. The maximum absolute atomic E-state index is 12.0. The van der Waals surface area contributed by atoms with Crippen molar-refractivity contribution in [2.75, 3.05) is 31.6 Å². The van der Waals surface area contributed by atoms with Crippen LogP contribution in [0, 0.1) is 0 Å². The molecular weight excluding hydrogens is 272 g/mol. The molecule has 1 amide bonds. The molecule has 6 heteroatoms. The molecule has 0 bridgehead atoms. The van der Waals surface area contributed by atoms with E-state index in [-0.39, 0.29) is 18.4 Å². The lowest BCUT2D eigenvalue weighted by Crippen LogP contribution is -2.40. The van der Waals surface area contributed by atoms with Crippen molar-refractivity contribution < 1.29 is 19.1 Å². The van der Waals surface area contributed by atoms with Crippen LogP contribution >= 0.6 is 0 Å². The number of morpholine rings is 1. The Morgan fingerprint density at radius 1 is 1.43 bits per heavy atom. The first kappa shape index (κ1) is 15.5. The fraction of sp³-hybridized carbons (Fsp3) is 0.467. The summed E-state index contributed by atoms with van der Waals surface area (Å²) < 4.78 is 10.5. The van der Waals surface area contributed by atoms with Gasteiger partial charge in [0.15, 0.2) is 0 Å². The predicted molar refractivity (Wildman–Crippen MR) is 78.3 cm³/mol. The number of hydrogen-bond donors (Lipinski definition) is 2. The second kappa shape index (κ2) is 7.75. The lowest BCUT2D eigenvalue weighted by molar-refractivity contribution is -0.119. The molecule has 1 saturated heterocycles. The van der Waals surface area contributed by atoms with E-state index in [2.05, 4.69) is 10.6 Å². The quantitative estimate of drug-likeness (QED) is 0.797. The summed E-state index contributed by atoms with van der Waals surface area (Å²) >= 11 is 0. The van der Waals surface area contributed by atoms with Gasteiger partial charge in [0.05, 0.1) is 37.0 Å². The van der Waals surface area contributed by atoms with Gasteiger partial charge in [-0.25, -0.2) is 4.79 Å². The topological polar surface area (TPSA) is 76.7 Å². The zero-order chi connectivity index (χ0) is 15.1. The summed E-state index contributed by atoms with van der Waals surface area (Å²) in [7, 11) is 0. The van der Waals surface area contributed by atoms with Gasteiger partial charge in [0.25, 0.3) is 0 Å². The molecule has 1 aromatic rings. The summed E-state index contributed by atoms with van der Waals surface area (Å²) in [6.07, 6.45) is 0.123. The molecule has 1 aromatic carbocycles. The fourth-order valence-electron chi connectivity index (χ4n) is 2.14. The highest BCUT2D eigenvalue weighted by atomic mass is 16.5. The van der Waals surface area contributed by atoms with Gasteiger partial charge in [-0.3, -0.25) is 4.79 Å². The summed E-state index contributed by atoms with van der Waals surface area (Å²) in [5, 5.41) is 5.92. The number of hydrogen-bond acceptors (Lipinski definition) is 5. The van der Waals surface area contributed by atoms with Crippen LogP contribution in [0.3, 0.4) is 0 Å². The standard InChI is InChI=1S/C15H20N2O4/c1-2-20-15(19)12-5-3-4-6-13(12)17-14(18)9-11-10-16-7-8-21-11/h3-6,11,16H,2,7-10H2,1H3,(H,17,18). The molecule has 2 N–H and O–H groups in total. The highest BCUT2D eigenvalue weighted by Crippen LogP contribution is 2.17. The first-order valence-corrected chi connectivity index (χ1v) is 7.09. The van der Waals surface area contributed by atoms with Gasteiger partial charge < -0.3 is 20.1 Å². The number of benzene rings is 1. The van der Waals surface area contributed by atoms with Crippen molar-refractivity contribution >= 4 is 17.6 Å². The molecule has 0 aliphatic carbocycles. The van der Waals surface area contributed by atoms with Crippen LogP contribution in [0.25, 0.3) is 0 Å². The Morgan fingerprint density at radius 2 is 2.24 bits per heavy atom. The number of carbonyl (C=O) groups excluding carboxylic acids is 2. The van der Waals surface area contributed by atoms with Gasteiger partial charge in [0.1, 0.15) is 0 Å². The van der Waals surface area contributed by atoms with E-state index in [1.165, 1.54) is 0 Å². The van der Waals surface area contributed by atoms with Crippen LogP contribution in [0.5, 0.6) is 0 Å². The average molecular weight is 292 g/mol. The van der Waals surface area contributed by atoms with Crippen molar-refractivity contribution in [3.05, 3.63) is 29.8 Å². The van der Waals surface area contributed by atoms with Gasteiger partial charge in [-0.05, 0) is 19.1 Å². The van der Waals surface area contributed by atoms with Crippen molar-refractivity contribution in [1.29, 1.82) is 0 Å². The first-order chi connectivity index (χ1) is 10.2. The third-order valence-corrected chi connectivity index (χ3v) is 3.11. The second-order valence-corrected chi connectivity index (χ2v) is 4.72. The number of anilines is 1. The fourth-order valence-corrected chi connectivity index (χ4v) is 2.14. The normalized spacial score (nSPS) is 18.0. The van der Waals surface area contributed by atoms with E-state index >= 15 is 0 Å². The minimum Gasteiger partial charge on any atom is -0.462 e. The summed E-state index contributed by atoms with van der Waals surface area (Å²) in [5.74, 6) is -0.621. The number of esters is 1. The molecule has 2 rings (SSSR count). The average Bonchev–Trinajstić information content (AvgIpc) is 2.49. The van der Waals surface area contributed by atoms with Crippen molar-refractivity contribution in [1.82, 2.24) is 5.32 Å². The molecule has 21 heavy (non-hydrogen) atoms. The van der Waals surface area contributed by atoms with Crippen molar-refractivity contribution in [3.63, 3.8) is 0 Å². The monoisotopic (exact) mass is 292 g/mol. The third kappa shape index (κ3) is 4.54. The summed E-state index contributed by atoms with van der Waals surface area (Å²) in [6, 6.07) is 6.81. The molecule has 114 valence electrons. The highest BCUT2D eigenvalue weighted by Gasteiger charge is 2.19. The van der Waals surface area contributed by atoms with E-state index in [4.69, 9.17) is 9.47 Å². The van der Waals surface area contributed by atoms with Gasteiger partial charge in [-0.2, -0.15) is 0 Å². The molecule has 0 saturated carbocycles. The predicted octanol–water partition coefficient (Wildman–Crippen LogP) is 1.18. The van der Waals surface area contributed by atoms with E-state index in [0.29, 0.717) is 31.0 Å². The Hall–Kier alpha value is -1.92. The molecule has 0 spiro atoms. The van der Waals surface area contributed by atoms with Gasteiger partial charge in [-0.15, -0.1) is 0 Å². The Morgan fingerprint density at radius 3 is 2.95 bits per heavy atom. The summed E-state index contributed by atoms with van der Waals surface area (Å²) in [5.41, 5.74) is 0.820.